The number of hydrogen-bond acceptors (Lipinski definition) is 5. The van der Waals surface area contributed by atoms with E-state index < -0.39 is 0 Å². The van der Waals surface area contributed by atoms with Crippen molar-refractivity contribution in [2.75, 3.05) is 31.1 Å². The lowest BCUT2D eigenvalue weighted by molar-refractivity contribution is 0.241. The molecule has 1 saturated heterocycles. The molecule has 5 nitrogen and oxygen atoms in total. The van der Waals surface area contributed by atoms with Crippen LogP contribution in [0.25, 0.3) is 0 Å². The monoisotopic (exact) mass is 338 g/mol. The van der Waals surface area contributed by atoms with Gasteiger partial charge in [0, 0.05) is 38.8 Å². The molecule has 3 rings (SSSR count). The van der Waals surface area contributed by atoms with Gasteiger partial charge in [-0.05, 0) is 37.0 Å². The van der Waals surface area contributed by atoms with Crippen LogP contribution >= 0.6 is 0 Å². The zero-order valence-corrected chi connectivity index (χ0v) is 15.3. The molecule has 0 unspecified atom stereocenters. The number of piperazine rings is 1. The van der Waals surface area contributed by atoms with Crippen LogP contribution in [-0.2, 0) is 13.0 Å². The van der Waals surface area contributed by atoms with Crippen LogP contribution in [0.4, 0.5) is 5.69 Å². The molecule has 1 aromatic heterocycles. The Hall–Kier alpha value is -2.32. The molecule has 1 aliphatic heterocycles. The maximum Gasteiger partial charge on any atom is 0.133 e. The second kappa shape index (κ2) is 7.71. The van der Waals surface area contributed by atoms with E-state index in [1.54, 1.807) is 0 Å². The Labute approximate surface area is 149 Å². The molecule has 0 N–H and O–H groups in total. The van der Waals surface area contributed by atoms with Crippen LogP contribution in [0, 0.1) is 24.2 Å². The Morgan fingerprint density at radius 1 is 1.20 bits per heavy atom. The molecule has 25 heavy (non-hydrogen) atoms. The second-order valence-corrected chi connectivity index (χ2v) is 7.25. The highest BCUT2D eigenvalue weighted by Crippen LogP contribution is 2.25. The van der Waals surface area contributed by atoms with Crippen LogP contribution in [0.2, 0.25) is 0 Å². The zero-order valence-electron chi connectivity index (χ0n) is 15.3. The van der Waals surface area contributed by atoms with Gasteiger partial charge in [-0.3, -0.25) is 4.90 Å². The van der Waals surface area contributed by atoms with E-state index in [2.05, 4.69) is 47.0 Å². The summed E-state index contributed by atoms with van der Waals surface area (Å²) in [6.45, 7) is 11.0. The Morgan fingerprint density at radius 2 is 1.96 bits per heavy atom. The van der Waals surface area contributed by atoms with E-state index in [1.165, 1.54) is 5.56 Å². The Balaban J connectivity index is 1.66. The summed E-state index contributed by atoms with van der Waals surface area (Å²) < 4.78 is 5.15. The van der Waals surface area contributed by atoms with Crippen molar-refractivity contribution < 1.29 is 4.52 Å². The fraction of sp³-hybridized carbons (Fsp3) is 0.500. The summed E-state index contributed by atoms with van der Waals surface area (Å²) in [6.07, 6.45) is 1.05. The molecule has 2 heterocycles. The maximum atomic E-state index is 9.47. The van der Waals surface area contributed by atoms with Gasteiger partial charge >= 0.3 is 0 Å². The van der Waals surface area contributed by atoms with Gasteiger partial charge in [0.2, 0.25) is 0 Å². The summed E-state index contributed by atoms with van der Waals surface area (Å²) in [5.41, 5.74) is 4.15. The number of nitriles is 1. The van der Waals surface area contributed by atoms with Crippen LogP contribution in [-0.4, -0.2) is 36.2 Å². The van der Waals surface area contributed by atoms with E-state index in [4.69, 9.17) is 4.52 Å². The van der Waals surface area contributed by atoms with Gasteiger partial charge in [-0.25, -0.2) is 0 Å². The summed E-state index contributed by atoms with van der Waals surface area (Å²) in [7, 11) is 0. The highest BCUT2D eigenvalue weighted by molar-refractivity contribution is 5.61. The third kappa shape index (κ3) is 4.40. The van der Waals surface area contributed by atoms with E-state index >= 15 is 0 Å². The first kappa shape index (κ1) is 17.5. The Morgan fingerprint density at radius 3 is 2.56 bits per heavy atom. The van der Waals surface area contributed by atoms with Crippen LogP contribution in [0.15, 0.2) is 28.8 Å². The largest absolute Gasteiger partial charge is 0.368 e. The SMILES string of the molecule is Cc1cc(CN2CCN(c3cc(CC(C)C)ccc3C#N)CC2)no1. The van der Waals surface area contributed by atoms with Gasteiger partial charge in [-0.2, -0.15) is 5.26 Å². The lowest BCUT2D eigenvalue weighted by atomic mass is 10.00. The first-order chi connectivity index (χ1) is 12.0. The number of aromatic nitrogens is 1. The fourth-order valence-corrected chi connectivity index (χ4v) is 3.40. The molecule has 5 heteroatoms. The van der Waals surface area contributed by atoms with E-state index in [-0.39, 0.29) is 0 Å². The molecule has 0 saturated carbocycles. The highest BCUT2D eigenvalue weighted by atomic mass is 16.5. The van der Waals surface area contributed by atoms with Crippen molar-refractivity contribution in [3.8, 4) is 6.07 Å². The minimum atomic E-state index is 0.614. The first-order valence-corrected chi connectivity index (χ1v) is 8.97. The number of benzene rings is 1. The predicted molar refractivity (Wildman–Crippen MR) is 98.4 cm³/mol. The standard InChI is InChI=1S/C20H26N4O/c1-15(2)10-17-4-5-18(13-21)20(12-17)24-8-6-23(7-9-24)14-19-11-16(3)25-22-19/h4-5,11-12,15H,6-10,14H2,1-3H3. The van der Waals surface area contributed by atoms with Crippen molar-refractivity contribution in [3.63, 3.8) is 0 Å². The molecular formula is C20H26N4O. The quantitative estimate of drug-likeness (QED) is 0.836. The predicted octanol–water partition coefficient (Wildman–Crippen LogP) is 3.38. The number of aryl methyl sites for hydroxylation is 1. The highest BCUT2D eigenvalue weighted by Gasteiger charge is 2.20. The van der Waals surface area contributed by atoms with E-state index in [0.717, 1.165) is 61.8 Å². The van der Waals surface area contributed by atoms with Crippen LogP contribution < -0.4 is 4.90 Å². The molecule has 1 aliphatic rings. The van der Waals surface area contributed by atoms with Gasteiger partial charge in [-0.15, -0.1) is 0 Å². The number of hydrogen-bond donors (Lipinski definition) is 0. The van der Waals surface area contributed by atoms with Crippen LogP contribution in [0.5, 0.6) is 0 Å². The first-order valence-electron chi connectivity index (χ1n) is 8.97. The van der Waals surface area contributed by atoms with Crippen LogP contribution in [0.1, 0.15) is 36.4 Å². The van der Waals surface area contributed by atoms with Gasteiger partial charge in [0.25, 0.3) is 0 Å². The third-order valence-corrected chi connectivity index (χ3v) is 4.60. The second-order valence-electron chi connectivity index (χ2n) is 7.25. The average molecular weight is 338 g/mol. The topological polar surface area (TPSA) is 56.3 Å². The molecule has 0 bridgehead atoms. The third-order valence-electron chi connectivity index (χ3n) is 4.60. The maximum absolute atomic E-state index is 9.47. The van der Waals surface area contributed by atoms with Gasteiger partial charge in [0.1, 0.15) is 11.8 Å². The van der Waals surface area contributed by atoms with Gasteiger partial charge in [0.15, 0.2) is 0 Å². The number of rotatable bonds is 5. The smallest absolute Gasteiger partial charge is 0.133 e. The molecule has 0 atom stereocenters. The minimum absolute atomic E-state index is 0.614. The summed E-state index contributed by atoms with van der Waals surface area (Å²) in [4.78, 5) is 4.73. The van der Waals surface area contributed by atoms with Crippen molar-refractivity contribution in [2.45, 2.75) is 33.7 Å². The van der Waals surface area contributed by atoms with Crippen LogP contribution in [0.3, 0.4) is 0 Å². The average Bonchev–Trinajstić information content (AvgIpc) is 3.00. The van der Waals surface area contributed by atoms with E-state index in [0.29, 0.717) is 5.92 Å². The normalized spacial score (nSPS) is 15.6. The van der Waals surface area contributed by atoms with Crippen molar-refractivity contribution in [1.29, 1.82) is 5.26 Å². The Bertz CT molecular complexity index is 751. The molecule has 0 spiro atoms. The zero-order chi connectivity index (χ0) is 17.8. The van der Waals surface area contributed by atoms with Crippen molar-refractivity contribution in [2.24, 2.45) is 5.92 Å². The van der Waals surface area contributed by atoms with Crippen molar-refractivity contribution >= 4 is 5.69 Å². The molecule has 2 aromatic rings. The Kier molecular flexibility index (Phi) is 5.40. The summed E-state index contributed by atoms with van der Waals surface area (Å²) in [6, 6.07) is 10.6. The molecule has 1 fully saturated rings. The summed E-state index contributed by atoms with van der Waals surface area (Å²) in [5.74, 6) is 1.47. The number of nitrogens with zero attached hydrogens (tertiary/aromatic N) is 4. The number of anilines is 1. The molecule has 0 amide bonds. The molecular weight excluding hydrogens is 312 g/mol. The van der Waals surface area contributed by atoms with Crippen molar-refractivity contribution in [1.82, 2.24) is 10.1 Å². The lowest BCUT2D eigenvalue weighted by Gasteiger charge is -2.36. The van der Waals surface area contributed by atoms with Gasteiger partial charge < -0.3 is 9.42 Å². The molecule has 1 aromatic carbocycles. The van der Waals surface area contributed by atoms with Gasteiger partial charge in [-0.1, -0.05) is 25.1 Å². The fourth-order valence-electron chi connectivity index (χ4n) is 3.40. The van der Waals surface area contributed by atoms with Crippen molar-refractivity contribution in [3.05, 3.63) is 46.8 Å². The van der Waals surface area contributed by atoms with E-state index in [1.807, 2.05) is 19.1 Å². The molecule has 0 radical (unpaired) electrons. The summed E-state index contributed by atoms with van der Waals surface area (Å²) in [5, 5.41) is 13.5. The lowest BCUT2D eigenvalue weighted by Crippen LogP contribution is -2.46. The molecule has 132 valence electrons. The summed E-state index contributed by atoms with van der Waals surface area (Å²) >= 11 is 0. The molecule has 0 aliphatic carbocycles. The van der Waals surface area contributed by atoms with Gasteiger partial charge in [0.05, 0.1) is 16.9 Å². The van der Waals surface area contributed by atoms with E-state index in [9.17, 15) is 5.26 Å². The minimum Gasteiger partial charge on any atom is -0.368 e.